The maximum atomic E-state index is 14.4. The lowest BCUT2D eigenvalue weighted by atomic mass is 10.0. The van der Waals surface area contributed by atoms with Gasteiger partial charge in [0.05, 0.1) is 11.4 Å². The number of anilines is 1. The Hall–Kier alpha value is -3.58. The first kappa shape index (κ1) is 22.6. The normalized spacial score (nSPS) is 15.5. The van der Waals surface area contributed by atoms with Crippen molar-refractivity contribution in [2.45, 2.75) is 33.6 Å². The van der Waals surface area contributed by atoms with Gasteiger partial charge in [-0.2, -0.15) is 0 Å². The molecule has 4 rings (SSSR count). The van der Waals surface area contributed by atoms with Gasteiger partial charge in [-0.05, 0) is 79.5 Å². The maximum Gasteiger partial charge on any atom is 0.270 e. The minimum absolute atomic E-state index is 0.0367. The Morgan fingerprint density at radius 2 is 1.70 bits per heavy atom. The molecule has 0 atom stereocenters. The molecule has 33 heavy (non-hydrogen) atoms. The summed E-state index contributed by atoms with van der Waals surface area (Å²) in [6.07, 6.45) is 1.54. The van der Waals surface area contributed by atoms with Crippen LogP contribution >= 0.6 is 12.2 Å². The summed E-state index contributed by atoms with van der Waals surface area (Å²) in [5.74, 6) is -1.07. The van der Waals surface area contributed by atoms with E-state index in [-0.39, 0.29) is 16.5 Å². The summed E-state index contributed by atoms with van der Waals surface area (Å²) >= 11 is 5.29. The van der Waals surface area contributed by atoms with E-state index >= 15 is 0 Å². The zero-order chi connectivity index (χ0) is 23.9. The molecule has 1 aliphatic rings. The van der Waals surface area contributed by atoms with E-state index in [9.17, 15) is 14.0 Å². The maximum absolute atomic E-state index is 14.4. The van der Waals surface area contributed by atoms with E-state index in [0.29, 0.717) is 28.6 Å². The molecule has 7 heteroatoms. The highest BCUT2D eigenvalue weighted by Crippen LogP contribution is 2.27. The van der Waals surface area contributed by atoms with Gasteiger partial charge in [0.25, 0.3) is 11.8 Å². The number of halogens is 1. The van der Waals surface area contributed by atoms with Gasteiger partial charge in [0.2, 0.25) is 0 Å². The zero-order valence-electron chi connectivity index (χ0n) is 18.8. The van der Waals surface area contributed by atoms with E-state index in [1.807, 2.05) is 44.2 Å². The largest absolute Gasteiger partial charge is 0.315 e. The number of hydrogen-bond acceptors (Lipinski definition) is 3. The van der Waals surface area contributed by atoms with Crippen molar-refractivity contribution in [2.75, 3.05) is 4.90 Å². The Balaban J connectivity index is 1.74. The van der Waals surface area contributed by atoms with Gasteiger partial charge in [-0.25, -0.2) is 4.39 Å². The Kier molecular flexibility index (Phi) is 5.99. The third-order valence-corrected chi connectivity index (χ3v) is 6.07. The van der Waals surface area contributed by atoms with Crippen LogP contribution in [0.25, 0.3) is 11.8 Å². The summed E-state index contributed by atoms with van der Waals surface area (Å²) in [7, 11) is 0. The molecule has 2 amide bonds. The Morgan fingerprint density at radius 3 is 2.33 bits per heavy atom. The summed E-state index contributed by atoms with van der Waals surface area (Å²) in [6.45, 7) is 7.85. The molecule has 0 radical (unpaired) electrons. The van der Waals surface area contributed by atoms with Crippen LogP contribution in [0.5, 0.6) is 0 Å². The molecule has 1 aliphatic heterocycles. The molecule has 1 fully saturated rings. The van der Waals surface area contributed by atoms with E-state index < -0.39 is 11.8 Å². The van der Waals surface area contributed by atoms with Crippen molar-refractivity contribution in [3.8, 4) is 5.69 Å². The van der Waals surface area contributed by atoms with E-state index in [2.05, 4.69) is 19.2 Å². The molecule has 0 saturated carbocycles. The van der Waals surface area contributed by atoms with Crippen LogP contribution < -0.4 is 10.2 Å². The molecule has 1 aromatic heterocycles. The molecule has 1 N–H and O–H groups in total. The first-order chi connectivity index (χ1) is 15.7. The fourth-order valence-corrected chi connectivity index (χ4v) is 4.27. The van der Waals surface area contributed by atoms with Gasteiger partial charge in [-0.3, -0.25) is 19.8 Å². The van der Waals surface area contributed by atoms with Gasteiger partial charge in [-0.15, -0.1) is 0 Å². The van der Waals surface area contributed by atoms with Crippen LogP contribution in [0.2, 0.25) is 0 Å². The number of hydrogen-bond donors (Lipinski definition) is 1. The van der Waals surface area contributed by atoms with Crippen LogP contribution in [0.3, 0.4) is 0 Å². The summed E-state index contributed by atoms with van der Waals surface area (Å²) in [5.41, 5.74) is 4.23. The molecule has 0 spiro atoms. The molecule has 0 aliphatic carbocycles. The molecule has 168 valence electrons. The van der Waals surface area contributed by atoms with E-state index in [0.717, 1.165) is 11.3 Å². The second-order valence-electron chi connectivity index (χ2n) is 8.32. The minimum Gasteiger partial charge on any atom is -0.315 e. The van der Waals surface area contributed by atoms with Crippen LogP contribution in [0.1, 0.15) is 42.3 Å². The van der Waals surface area contributed by atoms with Gasteiger partial charge in [0.1, 0.15) is 11.4 Å². The number of rotatable bonds is 4. The van der Waals surface area contributed by atoms with Gasteiger partial charge < -0.3 is 4.57 Å². The Labute approximate surface area is 197 Å². The number of nitrogens with one attached hydrogen (secondary N) is 1. The number of carbonyl (C=O) groups is 2. The molecule has 5 nitrogen and oxygen atoms in total. The number of para-hydroxylation sites is 1. The second-order valence-corrected chi connectivity index (χ2v) is 8.70. The topological polar surface area (TPSA) is 54.3 Å². The number of aromatic nitrogens is 1. The molecule has 3 aromatic rings. The van der Waals surface area contributed by atoms with Crippen molar-refractivity contribution < 1.29 is 14.0 Å². The standard InChI is InChI=1S/C26H24FN3O2S/c1-15(2)18-9-11-20(12-10-18)30-25(32)21(24(31)28-26(30)33)14-19-13-16(3)29(17(19)4)23-8-6-5-7-22(23)27/h5-15H,1-4H3,(H,28,31,33)/b21-14+. The van der Waals surface area contributed by atoms with E-state index in [1.165, 1.54) is 17.0 Å². The molecule has 2 heterocycles. The second kappa shape index (κ2) is 8.75. The van der Waals surface area contributed by atoms with Crippen molar-refractivity contribution in [2.24, 2.45) is 0 Å². The number of aryl methyl sites for hydroxylation is 1. The van der Waals surface area contributed by atoms with Crippen LogP contribution in [0.4, 0.5) is 10.1 Å². The van der Waals surface area contributed by atoms with Crippen molar-refractivity contribution in [1.29, 1.82) is 0 Å². The first-order valence-corrected chi connectivity index (χ1v) is 11.0. The molecule has 0 bridgehead atoms. The van der Waals surface area contributed by atoms with Crippen LogP contribution in [0.15, 0.2) is 60.2 Å². The van der Waals surface area contributed by atoms with Crippen LogP contribution in [-0.2, 0) is 9.59 Å². The van der Waals surface area contributed by atoms with Gasteiger partial charge >= 0.3 is 0 Å². The van der Waals surface area contributed by atoms with Gasteiger partial charge in [0.15, 0.2) is 5.11 Å². The van der Waals surface area contributed by atoms with Crippen LogP contribution in [0, 0.1) is 19.7 Å². The van der Waals surface area contributed by atoms with Crippen molar-refractivity contribution >= 4 is 40.9 Å². The lowest BCUT2D eigenvalue weighted by Gasteiger charge is -2.29. The molecule has 2 aromatic carbocycles. The highest BCUT2D eigenvalue weighted by molar-refractivity contribution is 7.80. The Bertz CT molecular complexity index is 1310. The zero-order valence-corrected chi connectivity index (χ0v) is 19.7. The predicted molar refractivity (Wildman–Crippen MR) is 132 cm³/mol. The third-order valence-electron chi connectivity index (χ3n) is 5.78. The number of carbonyl (C=O) groups excluding carboxylic acids is 2. The average Bonchev–Trinajstić information content (AvgIpc) is 3.04. The first-order valence-electron chi connectivity index (χ1n) is 10.6. The highest BCUT2D eigenvalue weighted by atomic mass is 32.1. The Morgan fingerprint density at radius 1 is 1.03 bits per heavy atom. The predicted octanol–water partition coefficient (Wildman–Crippen LogP) is 5.19. The molecule has 0 unspecified atom stereocenters. The lowest BCUT2D eigenvalue weighted by molar-refractivity contribution is -0.122. The molecule has 1 saturated heterocycles. The smallest absolute Gasteiger partial charge is 0.270 e. The van der Waals surface area contributed by atoms with E-state index in [4.69, 9.17) is 12.2 Å². The minimum atomic E-state index is -0.559. The van der Waals surface area contributed by atoms with Crippen molar-refractivity contribution in [1.82, 2.24) is 9.88 Å². The molecular weight excluding hydrogens is 437 g/mol. The number of thiocarbonyl (C=S) groups is 1. The van der Waals surface area contributed by atoms with Gasteiger partial charge in [0, 0.05) is 11.4 Å². The fourth-order valence-electron chi connectivity index (χ4n) is 3.99. The summed E-state index contributed by atoms with van der Waals surface area (Å²) < 4.78 is 16.2. The third kappa shape index (κ3) is 4.12. The number of benzene rings is 2. The van der Waals surface area contributed by atoms with Crippen molar-refractivity contribution in [3.05, 3.63) is 88.5 Å². The summed E-state index contributed by atoms with van der Waals surface area (Å²) in [6, 6.07) is 15.8. The van der Waals surface area contributed by atoms with E-state index in [1.54, 1.807) is 22.8 Å². The summed E-state index contributed by atoms with van der Waals surface area (Å²) in [5, 5.41) is 2.65. The monoisotopic (exact) mass is 461 g/mol. The quantitative estimate of drug-likeness (QED) is 0.331. The van der Waals surface area contributed by atoms with Gasteiger partial charge in [-0.1, -0.05) is 38.1 Å². The highest BCUT2D eigenvalue weighted by Gasteiger charge is 2.34. The van der Waals surface area contributed by atoms with Crippen LogP contribution in [-0.4, -0.2) is 21.5 Å². The SMILES string of the molecule is Cc1cc(/C=C2\C(=O)NC(=S)N(c3ccc(C(C)C)cc3)C2=O)c(C)n1-c1ccccc1F. The number of amides is 2. The van der Waals surface area contributed by atoms with Crippen molar-refractivity contribution in [3.63, 3.8) is 0 Å². The number of nitrogens with zero attached hydrogens (tertiary/aromatic N) is 2. The lowest BCUT2D eigenvalue weighted by Crippen LogP contribution is -2.54. The summed E-state index contributed by atoms with van der Waals surface area (Å²) in [4.78, 5) is 27.3. The average molecular weight is 462 g/mol. The fraction of sp³-hybridized carbons (Fsp3) is 0.192. The molecular formula is C26H24FN3O2S.